The minimum Gasteiger partial charge on any atom is -0.382 e. The average molecular weight is 334 g/mol. The largest absolute Gasteiger partial charge is 0.382 e. The van der Waals surface area contributed by atoms with Gasteiger partial charge in [-0.3, -0.25) is 4.90 Å². The molecule has 0 radical (unpaired) electrons. The van der Waals surface area contributed by atoms with Crippen LogP contribution in [0.5, 0.6) is 0 Å². The molecular weight excluding hydrogens is 308 g/mol. The number of hydrogen-bond donors (Lipinski definition) is 1. The van der Waals surface area contributed by atoms with E-state index in [9.17, 15) is 5.11 Å². The lowest BCUT2D eigenvalue weighted by atomic mass is 9.90. The van der Waals surface area contributed by atoms with E-state index in [1.807, 2.05) is 33.9 Å². The number of hydrogen-bond acceptors (Lipinski definition) is 7. The summed E-state index contributed by atoms with van der Waals surface area (Å²) in [6, 6.07) is 0.225. The number of aliphatic hydroxyl groups is 1. The van der Waals surface area contributed by atoms with Gasteiger partial charge >= 0.3 is 0 Å². The van der Waals surface area contributed by atoms with Crippen LogP contribution in [0.15, 0.2) is 10.7 Å². The van der Waals surface area contributed by atoms with E-state index >= 15 is 0 Å². The van der Waals surface area contributed by atoms with E-state index in [0.717, 1.165) is 13.0 Å². The molecule has 1 aliphatic heterocycles. The molecule has 0 spiro atoms. The van der Waals surface area contributed by atoms with Crippen LogP contribution in [0.25, 0.3) is 0 Å². The van der Waals surface area contributed by atoms with Crippen molar-refractivity contribution in [3.05, 3.63) is 23.6 Å². The van der Waals surface area contributed by atoms with E-state index in [0.29, 0.717) is 36.9 Å². The maximum absolute atomic E-state index is 11.1. The van der Waals surface area contributed by atoms with Crippen LogP contribution in [0, 0.1) is 0 Å². The van der Waals surface area contributed by atoms with Crippen LogP contribution in [0.1, 0.15) is 69.9 Å². The third-order valence-corrected chi connectivity index (χ3v) is 4.41. The van der Waals surface area contributed by atoms with E-state index < -0.39 is 5.60 Å². The second kappa shape index (κ2) is 6.60. The molecule has 1 aliphatic rings. The first-order chi connectivity index (χ1) is 11.4. The highest BCUT2D eigenvalue weighted by atomic mass is 16.5. The number of piperidine rings is 1. The zero-order chi connectivity index (χ0) is 17.3. The molecule has 0 saturated carbocycles. The zero-order valence-corrected chi connectivity index (χ0v) is 14.8. The number of aromatic nitrogens is 5. The lowest BCUT2D eigenvalue weighted by Gasteiger charge is -2.37. The van der Waals surface area contributed by atoms with Gasteiger partial charge < -0.3 is 9.63 Å². The molecule has 0 aliphatic carbocycles. The standard InChI is InChI=1S/C16H26N6O2/c1-11(2)15-17-14(19-24-15)9-21-7-5-6-16(23,10-21)13-8-22(12(3)4)20-18-13/h8,11-12,23H,5-7,9-10H2,1-4H3/t16-/m0/s1. The molecule has 1 atom stereocenters. The van der Waals surface area contributed by atoms with E-state index in [-0.39, 0.29) is 12.0 Å². The lowest BCUT2D eigenvalue weighted by Crippen LogP contribution is -2.46. The molecule has 0 unspecified atom stereocenters. The molecular formula is C16H26N6O2. The van der Waals surface area contributed by atoms with E-state index in [4.69, 9.17) is 4.52 Å². The van der Waals surface area contributed by atoms with Gasteiger partial charge in [-0.25, -0.2) is 4.68 Å². The van der Waals surface area contributed by atoms with Crippen LogP contribution in [0.2, 0.25) is 0 Å². The van der Waals surface area contributed by atoms with Crippen LogP contribution in [0.3, 0.4) is 0 Å². The third kappa shape index (κ3) is 3.49. The predicted molar refractivity (Wildman–Crippen MR) is 87.2 cm³/mol. The van der Waals surface area contributed by atoms with Crippen molar-refractivity contribution in [2.75, 3.05) is 13.1 Å². The van der Waals surface area contributed by atoms with Crippen molar-refractivity contribution in [2.45, 2.75) is 64.6 Å². The SMILES string of the molecule is CC(C)c1nc(CN2CCC[C@@](O)(c3cn(C(C)C)nn3)C2)no1. The molecule has 0 bridgehead atoms. The molecule has 2 aromatic heterocycles. The molecule has 24 heavy (non-hydrogen) atoms. The molecule has 1 saturated heterocycles. The molecule has 8 heteroatoms. The Kier molecular flexibility index (Phi) is 4.69. The molecule has 0 amide bonds. The monoisotopic (exact) mass is 334 g/mol. The topological polar surface area (TPSA) is 93.1 Å². The molecule has 8 nitrogen and oxygen atoms in total. The second-order valence-corrected chi connectivity index (χ2v) is 7.23. The Bertz CT molecular complexity index is 680. The molecule has 1 fully saturated rings. The van der Waals surface area contributed by atoms with Crippen molar-refractivity contribution in [1.82, 2.24) is 30.0 Å². The van der Waals surface area contributed by atoms with Crippen molar-refractivity contribution in [2.24, 2.45) is 0 Å². The van der Waals surface area contributed by atoms with Crippen molar-refractivity contribution < 1.29 is 9.63 Å². The van der Waals surface area contributed by atoms with Gasteiger partial charge in [0.2, 0.25) is 5.89 Å². The quantitative estimate of drug-likeness (QED) is 0.892. The van der Waals surface area contributed by atoms with Gasteiger partial charge in [-0.05, 0) is 33.2 Å². The van der Waals surface area contributed by atoms with Crippen molar-refractivity contribution in [3.8, 4) is 0 Å². The highest BCUT2D eigenvalue weighted by molar-refractivity contribution is 5.10. The van der Waals surface area contributed by atoms with Gasteiger partial charge in [0, 0.05) is 18.5 Å². The number of nitrogens with zero attached hydrogens (tertiary/aromatic N) is 6. The molecule has 3 heterocycles. The Balaban J connectivity index is 1.70. The predicted octanol–water partition coefficient (Wildman–Crippen LogP) is 1.85. The highest BCUT2D eigenvalue weighted by Gasteiger charge is 2.38. The van der Waals surface area contributed by atoms with Crippen LogP contribution in [-0.2, 0) is 12.1 Å². The Morgan fingerprint density at radius 2 is 2.12 bits per heavy atom. The van der Waals surface area contributed by atoms with Gasteiger partial charge in [-0.15, -0.1) is 5.10 Å². The van der Waals surface area contributed by atoms with E-state index in [1.54, 1.807) is 4.68 Å². The van der Waals surface area contributed by atoms with Crippen LogP contribution < -0.4 is 0 Å². The number of rotatable bonds is 5. The Hall–Kier alpha value is -1.80. The normalized spacial score (nSPS) is 22.6. The van der Waals surface area contributed by atoms with E-state index in [2.05, 4.69) is 25.4 Å². The minimum absolute atomic E-state index is 0.218. The molecule has 0 aromatic carbocycles. The summed E-state index contributed by atoms with van der Waals surface area (Å²) < 4.78 is 7.04. The summed E-state index contributed by atoms with van der Waals surface area (Å²) in [6.07, 6.45) is 3.42. The summed E-state index contributed by atoms with van der Waals surface area (Å²) in [4.78, 5) is 6.56. The van der Waals surface area contributed by atoms with Crippen LogP contribution >= 0.6 is 0 Å². The van der Waals surface area contributed by atoms with Crippen LogP contribution in [0.4, 0.5) is 0 Å². The Labute approximate surface area is 141 Å². The van der Waals surface area contributed by atoms with Crippen molar-refractivity contribution in [3.63, 3.8) is 0 Å². The van der Waals surface area contributed by atoms with Crippen LogP contribution in [-0.4, -0.2) is 48.2 Å². The minimum atomic E-state index is -0.976. The summed E-state index contributed by atoms with van der Waals surface area (Å²) in [5.74, 6) is 1.53. The Morgan fingerprint density at radius 3 is 2.75 bits per heavy atom. The maximum Gasteiger partial charge on any atom is 0.229 e. The molecule has 3 rings (SSSR count). The first kappa shape index (κ1) is 17.0. The molecule has 2 aromatic rings. The number of likely N-dealkylation sites (tertiary alicyclic amines) is 1. The summed E-state index contributed by atoms with van der Waals surface area (Å²) in [5.41, 5.74) is -0.340. The van der Waals surface area contributed by atoms with Gasteiger partial charge in [0.1, 0.15) is 11.3 Å². The second-order valence-electron chi connectivity index (χ2n) is 7.23. The van der Waals surface area contributed by atoms with Crippen molar-refractivity contribution >= 4 is 0 Å². The fourth-order valence-corrected chi connectivity index (χ4v) is 2.98. The summed E-state index contributed by atoms with van der Waals surface area (Å²) in [7, 11) is 0. The Morgan fingerprint density at radius 1 is 1.33 bits per heavy atom. The van der Waals surface area contributed by atoms with Crippen molar-refractivity contribution in [1.29, 1.82) is 0 Å². The van der Waals surface area contributed by atoms with Gasteiger partial charge in [-0.1, -0.05) is 24.2 Å². The van der Waals surface area contributed by atoms with E-state index in [1.165, 1.54) is 0 Å². The van der Waals surface area contributed by atoms with Gasteiger partial charge in [0.05, 0.1) is 12.7 Å². The fourth-order valence-electron chi connectivity index (χ4n) is 2.98. The smallest absolute Gasteiger partial charge is 0.229 e. The number of β-amino-alcohol motifs (C(OH)–C–C–N with tert-alkyl or cyclic N) is 1. The van der Waals surface area contributed by atoms with Gasteiger partial charge in [0.15, 0.2) is 5.82 Å². The maximum atomic E-state index is 11.1. The highest BCUT2D eigenvalue weighted by Crippen LogP contribution is 2.31. The van der Waals surface area contributed by atoms with Gasteiger partial charge in [-0.2, -0.15) is 4.98 Å². The zero-order valence-electron chi connectivity index (χ0n) is 14.8. The first-order valence-electron chi connectivity index (χ1n) is 8.57. The molecule has 132 valence electrons. The third-order valence-electron chi connectivity index (χ3n) is 4.41. The first-order valence-corrected chi connectivity index (χ1v) is 8.57. The summed E-state index contributed by atoms with van der Waals surface area (Å²) >= 11 is 0. The average Bonchev–Trinajstić information content (AvgIpc) is 3.16. The lowest BCUT2D eigenvalue weighted by molar-refractivity contribution is -0.0422. The fraction of sp³-hybridized carbons (Fsp3) is 0.750. The van der Waals surface area contributed by atoms with Gasteiger partial charge in [0.25, 0.3) is 0 Å². The summed E-state index contributed by atoms with van der Waals surface area (Å²) in [5, 5.41) is 23.4. The molecule has 1 N–H and O–H groups in total. The summed E-state index contributed by atoms with van der Waals surface area (Å²) in [6.45, 7) is 10.1.